The summed E-state index contributed by atoms with van der Waals surface area (Å²) in [6.45, 7) is 9.10. The van der Waals surface area contributed by atoms with Gasteiger partial charge in [-0.1, -0.05) is 162 Å². The zero-order chi connectivity index (χ0) is 33.7. The Kier molecular flexibility index (Phi) is 26.3. The molecule has 2 heterocycles. The number of nitrogens with zero attached hydrogens (tertiary/aromatic N) is 1. The minimum Gasteiger partial charge on any atom is -0.481 e. The molecule has 0 spiro atoms. The summed E-state index contributed by atoms with van der Waals surface area (Å²) in [5, 5.41) is 8.82. The molecule has 47 heavy (non-hydrogen) atoms. The number of rotatable bonds is 33. The van der Waals surface area contributed by atoms with Crippen molar-refractivity contribution >= 4 is 5.97 Å². The zero-order valence-electron chi connectivity index (χ0n) is 31.7. The van der Waals surface area contributed by atoms with Crippen LogP contribution < -0.4 is 0 Å². The van der Waals surface area contributed by atoms with Gasteiger partial charge in [0.25, 0.3) is 0 Å². The quantitative estimate of drug-likeness (QED) is 0.0708. The molecule has 0 amide bonds. The average molecular weight is 664 g/mol. The summed E-state index contributed by atoms with van der Waals surface area (Å²) in [7, 11) is 0. The van der Waals surface area contributed by atoms with Crippen molar-refractivity contribution in [1.29, 1.82) is 0 Å². The van der Waals surface area contributed by atoms with E-state index in [2.05, 4.69) is 18.7 Å². The molecule has 0 aromatic heterocycles. The molecule has 2 atom stereocenters. The summed E-state index contributed by atoms with van der Waals surface area (Å²) in [4.78, 5) is 13.3. The van der Waals surface area contributed by atoms with Crippen molar-refractivity contribution in [1.82, 2.24) is 4.90 Å². The summed E-state index contributed by atoms with van der Waals surface area (Å²) in [5.41, 5.74) is 0. The summed E-state index contributed by atoms with van der Waals surface area (Å²) in [6.07, 6.45) is 41.0. The highest BCUT2D eigenvalue weighted by molar-refractivity contribution is 5.66. The van der Waals surface area contributed by atoms with E-state index in [1.54, 1.807) is 0 Å². The van der Waals surface area contributed by atoms with Gasteiger partial charge < -0.3 is 19.5 Å². The van der Waals surface area contributed by atoms with Gasteiger partial charge >= 0.3 is 5.97 Å². The molecule has 0 aliphatic carbocycles. The SMILES string of the molecule is CCCCCC(CCCCC)CCCCCCCCCCCC1(CCCCCCCCCC(=O)O)OCC(CCN2CCCCC2)O1. The minimum absolute atomic E-state index is 0.258. The maximum absolute atomic E-state index is 10.7. The van der Waals surface area contributed by atoms with Gasteiger partial charge in [0, 0.05) is 25.8 Å². The Morgan fingerprint density at radius 1 is 0.660 bits per heavy atom. The Balaban J connectivity index is 1.58. The Morgan fingerprint density at radius 2 is 1.13 bits per heavy atom. The van der Waals surface area contributed by atoms with Crippen molar-refractivity contribution in [2.24, 2.45) is 5.92 Å². The van der Waals surface area contributed by atoms with Crippen LogP contribution in [0.4, 0.5) is 0 Å². The van der Waals surface area contributed by atoms with Crippen LogP contribution in [-0.2, 0) is 14.3 Å². The molecule has 0 bridgehead atoms. The molecule has 2 aliphatic heterocycles. The van der Waals surface area contributed by atoms with Crippen molar-refractivity contribution in [3.05, 3.63) is 0 Å². The van der Waals surface area contributed by atoms with Gasteiger partial charge in [-0.15, -0.1) is 0 Å². The lowest BCUT2D eigenvalue weighted by atomic mass is 9.90. The predicted octanol–water partition coefficient (Wildman–Crippen LogP) is 12.6. The maximum atomic E-state index is 10.7. The molecule has 0 radical (unpaired) electrons. The summed E-state index contributed by atoms with van der Waals surface area (Å²) >= 11 is 0. The number of hydrogen-bond donors (Lipinski definition) is 1. The van der Waals surface area contributed by atoms with Gasteiger partial charge in [0.15, 0.2) is 5.79 Å². The normalized spacial score (nSPS) is 20.4. The van der Waals surface area contributed by atoms with Crippen LogP contribution in [0.25, 0.3) is 0 Å². The van der Waals surface area contributed by atoms with E-state index in [0.29, 0.717) is 6.42 Å². The number of carbonyl (C=O) groups is 1. The zero-order valence-corrected chi connectivity index (χ0v) is 31.7. The van der Waals surface area contributed by atoms with Gasteiger partial charge in [0.05, 0.1) is 12.7 Å². The molecule has 2 aliphatic rings. The third kappa shape index (κ3) is 22.6. The fraction of sp³-hybridized carbons (Fsp3) is 0.976. The van der Waals surface area contributed by atoms with Gasteiger partial charge in [0.1, 0.15) is 0 Å². The molecule has 2 saturated heterocycles. The first kappa shape index (κ1) is 42.5. The fourth-order valence-corrected chi connectivity index (χ4v) is 8.07. The molecule has 0 saturated carbocycles. The van der Waals surface area contributed by atoms with Crippen molar-refractivity contribution in [3.63, 3.8) is 0 Å². The molecular weight excluding hydrogens is 582 g/mol. The molecular formula is C42H81NO4. The lowest BCUT2D eigenvalue weighted by molar-refractivity contribution is -0.180. The second kappa shape index (κ2) is 29.1. The molecule has 0 aromatic rings. The van der Waals surface area contributed by atoms with Crippen LogP contribution in [0.1, 0.15) is 219 Å². The standard InChI is InChI=1S/C42H81NO4/c1-3-5-20-28-39(29-21-6-4-2)30-22-15-11-8-7-9-13-17-24-33-42(34-25-18-14-10-12-16-23-31-41(44)45)46-38-40(47-42)32-37-43-35-26-19-27-36-43/h39-40H,3-38H2,1-2H3,(H,44,45). The van der Waals surface area contributed by atoms with Crippen molar-refractivity contribution in [2.75, 3.05) is 26.2 Å². The number of hydrogen-bond acceptors (Lipinski definition) is 4. The number of ether oxygens (including phenoxy) is 2. The first-order valence-corrected chi connectivity index (χ1v) is 21.3. The largest absolute Gasteiger partial charge is 0.481 e. The smallest absolute Gasteiger partial charge is 0.303 e. The third-order valence-electron chi connectivity index (χ3n) is 11.2. The lowest BCUT2D eigenvalue weighted by Gasteiger charge is -2.30. The third-order valence-corrected chi connectivity index (χ3v) is 11.2. The highest BCUT2D eigenvalue weighted by Crippen LogP contribution is 2.36. The fourth-order valence-electron chi connectivity index (χ4n) is 8.07. The molecule has 1 N–H and O–H groups in total. The van der Waals surface area contributed by atoms with E-state index in [4.69, 9.17) is 14.6 Å². The van der Waals surface area contributed by atoms with Gasteiger partial charge in [-0.05, 0) is 57.5 Å². The van der Waals surface area contributed by atoms with Crippen LogP contribution >= 0.6 is 0 Å². The highest BCUT2D eigenvalue weighted by atomic mass is 16.7. The van der Waals surface area contributed by atoms with Gasteiger partial charge in [0.2, 0.25) is 0 Å². The van der Waals surface area contributed by atoms with E-state index < -0.39 is 5.97 Å². The van der Waals surface area contributed by atoms with Gasteiger partial charge in [-0.2, -0.15) is 0 Å². The first-order valence-electron chi connectivity index (χ1n) is 21.3. The van der Waals surface area contributed by atoms with Crippen LogP contribution in [0.5, 0.6) is 0 Å². The number of carboxylic acids is 1. The highest BCUT2D eigenvalue weighted by Gasteiger charge is 2.40. The second-order valence-corrected chi connectivity index (χ2v) is 15.6. The number of piperidine rings is 1. The Morgan fingerprint density at radius 3 is 1.64 bits per heavy atom. The molecule has 278 valence electrons. The van der Waals surface area contributed by atoms with E-state index in [0.717, 1.165) is 57.6 Å². The molecule has 2 fully saturated rings. The topological polar surface area (TPSA) is 59.0 Å². The molecule has 5 heteroatoms. The first-order chi connectivity index (χ1) is 23.1. The maximum Gasteiger partial charge on any atom is 0.303 e. The monoisotopic (exact) mass is 664 g/mol. The number of likely N-dealkylation sites (tertiary alicyclic amines) is 1. The number of unbranched alkanes of at least 4 members (excludes halogenated alkanes) is 18. The van der Waals surface area contributed by atoms with Crippen LogP contribution in [0, 0.1) is 5.92 Å². The van der Waals surface area contributed by atoms with E-state index in [9.17, 15) is 4.79 Å². The van der Waals surface area contributed by atoms with E-state index in [1.165, 1.54) is 174 Å². The molecule has 2 unspecified atom stereocenters. The second-order valence-electron chi connectivity index (χ2n) is 15.6. The molecule has 2 rings (SSSR count). The molecule has 5 nitrogen and oxygen atoms in total. The van der Waals surface area contributed by atoms with E-state index in [1.807, 2.05) is 0 Å². The van der Waals surface area contributed by atoms with Gasteiger partial charge in [-0.3, -0.25) is 4.79 Å². The Hall–Kier alpha value is -0.650. The minimum atomic E-state index is -0.666. The van der Waals surface area contributed by atoms with Crippen LogP contribution in [0.3, 0.4) is 0 Å². The summed E-state index contributed by atoms with van der Waals surface area (Å²) in [5.74, 6) is -0.0175. The predicted molar refractivity (Wildman–Crippen MR) is 200 cm³/mol. The lowest BCUT2D eigenvalue weighted by Crippen LogP contribution is -2.34. The van der Waals surface area contributed by atoms with E-state index >= 15 is 0 Å². The average Bonchev–Trinajstić information content (AvgIpc) is 3.48. The Labute approximate surface area is 293 Å². The van der Waals surface area contributed by atoms with Crippen molar-refractivity contribution < 1.29 is 19.4 Å². The van der Waals surface area contributed by atoms with Crippen LogP contribution in [0.2, 0.25) is 0 Å². The van der Waals surface area contributed by atoms with Crippen molar-refractivity contribution in [2.45, 2.75) is 231 Å². The van der Waals surface area contributed by atoms with Crippen molar-refractivity contribution in [3.8, 4) is 0 Å². The number of carboxylic acid groups (broad SMARTS) is 1. The summed E-state index contributed by atoms with van der Waals surface area (Å²) in [6, 6.07) is 0. The molecule has 0 aromatic carbocycles. The summed E-state index contributed by atoms with van der Waals surface area (Å²) < 4.78 is 13.3. The Bertz CT molecular complexity index is 701. The van der Waals surface area contributed by atoms with Crippen LogP contribution in [0.15, 0.2) is 0 Å². The van der Waals surface area contributed by atoms with Crippen LogP contribution in [-0.4, -0.2) is 54.1 Å². The van der Waals surface area contributed by atoms with E-state index in [-0.39, 0.29) is 11.9 Å². The van der Waals surface area contributed by atoms with Gasteiger partial charge in [-0.25, -0.2) is 0 Å². The number of aliphatic carboxylic acids is 1.